The number of nitrogens with one attached hydrogen (secondary N) is 1. The normalized spacial score (nSPS) is 12.3. The molecule has 0 spiro atoms. The average Bonchev–Trinajstić information content (AvgIpc) is 3.11. The standard InChI is InChI=1S/C21H25N3O4S/c1-5-8-24(10-13(2)25)11-18-22-20(26)19-15(12-29-21(19)23-18)14-6-7-16(27-3)17(9-14)28-4/h5-7,9,12-13,25H,1,8,10-11H2,2-4H3,(H,22,23,26). The van der Waals surface area contributed by atoms with Gasteiger partial charge in [0.25, 0.3) is 5.56 Å². The Balaban J connectivity index is 1.98. The summed E-state index contributed by atoms with van der Waals surface area (Å²) < 4.78 is 10.7. The van der Waals surface area contributed by atoms with Crippen LogP contribution in [-0.4, -0.2) is 53.4 Å². The number of aliphatic hydroxyl groups excluding tert-OH is 1. The third-order valence-corrected chi connectivity index (χ3v) is 5.34. The van der Waals surface area contributed by atoms with Gasteiger partial charge >= 0.3 is 0 Å². The summed E-state index contributed by atoms with van der Waals surface area (Å²) in [6.45, 7) is 6.95. The van der Waals surface area contributed by atoms with Gasteiger partial charge in [-0.15, -0.1) is 17.9 Å². The van der Waals surface area contributed by atoms with Crippen molar-refractivity contribution >= 4 is 21.6 Å². The Morgan fingerprint density at radius 2 is 2.10 bits per heavy atom. The van der Waals surface area contributed by atoms with Crippen LogP contribution in [0.4, 0.5) is 0 Å². The molecular formula is C21H25N3O4S. The number of aromatic amines is 1. The van der Waals surface area contributed by atoms with E-state index in [-0.39, 0.29) is 5.56 Å². The monoisotopic (exact) mass is 415 g/mol. The first-order chi connectivity index (χ1) is 14.0. The number of benzene rings is 1. The number of rotatable bonds is 9. The number of aliphatic hydroxyl groups is 1. The highest BCUT2D eigenvalue weighted by molar-refractivity contribution is 7.17. The summed E-state index contributed by atoms with van der Waals surface area (Å²) in [5, 5.41) is 12.2. The molecule has 0 radical (unpaired) electrons. The van der Waals surface area contributed by atoms with Crippen LogP contribution in [0.15, 0.2) is 41.0 Å². The van der Waals surface area contributed by atoms with Gasteiger partial charge in [-0.25, -0.2) is 4.98 Å². The number of nitrogens with zero attached hydrogens (tertiary/aromatic N) is 2. The lowest BCUT2D eigenvalue weighted by atomic mass is 10.1. The summed E-state index contributed by atoms with van der Waals surface area (Å²) in [6.07, 6.45) is 1.28. The van der Waals surface area contributed by atoms with Crippen molar-refractivity contribution in [2.24, 2.45) is 0 Å². The van der Waals surface area contributed by atoms with Crippen molar-refractivity contribution in [3.63, 3.8) is 0 Å². The highest BCUT2D eigenvalue weighted by Gasteiger charge is 2.16. The third-order valence-electron chi connectivity index (χ3n) is 4.47. The van der Waals surface area contributed by atoms with Crippen molar-refractivity contribution < 1.29 is 14.6 Å². The van der Waals surface area contributed by atoms with Crippen LogP contribution in [0.3, 0.4) is 0 Å². The van der Waals surface area contributed by atoms with Gasteiger partial charge in [-0.2, -0.15) is 0 Å². The second-order valence-electron chi connectivity index (χ2n) is 6.74. The molecule has 2 aromatic heterocycles. The lowest BCUT2D eigenvalue weighted by molar-refractivity contribution is 0.128. The van der Waals surface area contributed by atoms with Crippen LogP contribution in [0, 0.1) is 0 Å². The predicted octanol–water partition coefficient (Wildman–Crippen LogP) is 3.04. The molecular weight excluding hydrogens is 390 g/mol. The molecule has 0 aliphatic rings. The van der Waals surface area contributed by atoms with E-state index in [1.807, 2.05) is 28.5 Å². The van der Waals surface area contributed by atoms with Gasteiger partial charge in [0.1, 0.15) is 10.7 Å². The number of hydrogen-bond donors (Lipinski definition) is 2. The van der Waals surface area contributed by atoms with Gasteiger partial charge in [0.15, 0.2) is 11.5 Å². The molecule has 3 rings (SSSR count). The molecule has 1 aromatic carbocycles. The molecule has 0 saturated heterocycles. The molecule has 3 aromatic rings. The Hall–Kier alpha value is -2.68. The van der Waals surface area contributed by atoms with E-state index in [4.69, 9.17) is 9.47 Å². The summed E-state index contributed by atoms with van der Waals surface area (Å²) in [5.74, 6) is 1.79. The second kappa shape index (κ2) is 9.21. The van der Waals surface area contributed by atoms with E-state index in [0.717, 1.165) is 11.1 Å². The first kappa shape index (κ1) is 21.0. The van der Waals surface area contributed by atoms with E-state index in [9.17, 15) is 9.90 Å². The van der Waals surface area contributed by atoms with Gasteiger partial charge in [0.2, 0.25) is 0 Å². The predicted molar refractivity (Wildman–Crippen MR) is 116 cm³/mol. The number of H-pyrrole nitrogens is 1. The number of aromatic nitrogens is 2. The Morgan fingerprint density at radius 1 is 1.34 bits per heavy atom. The fraction of sp³-hybridized carbons (Fsp3) is 0.333. The van der Waals surface area contributed by atoms with Crippen LogP contribution in [0.25, 0.3) is 21.3 Å². The maximum Gasteiger partial charge on any atom is 0.260 e. The first-order valence-corrected chi connectivity index (χ1v) is 10.1. The molecule has 0 bridgehead atoms. The van der Waals surface area contributed by atoms with Gasteiger partial charge in [0.05, 0.1) is 32.3 Å². The lowest BCUT2D eigenvalue weighted by Gasteiger charge is -2.21. The van der Waals surface area contributed by atoms with Crippen LogP contribution < -0.4 is 15.0 Å². The van der Waals surface area contributed by atoms with Crippen LogP contribution in [-0.2, 0) is 6.54 Å². The van der Waals surface area contributed by atoms with Crippen molar-refractivity contribution in [2.45, 2.75) is 19.6 Å². The molecule has 0 aliphatic carbocycles. The lowest BCUT2D eigenvalue weighted by Crippen LogP contribution is -2.32. The van der Waals surface area contributed by atoms with Gasteiger partial charge < -0.3 is 19.6 Å². The van der Waals surface area contributed by atoms with E-state index in [2.05, 4.69) is 16.5 Å². The molecule has 29 heavy (non-hydrogen) atoms. The fourth-order valence-corrected chi connectivity index (χ4v) is 4.22. The van der Waals surface area contributed by atoms with Crippen molar-refractivity contribution in [1.82, 2.24) is 14.9 Å². The van der Waals surface area contributed by atoms with E-state index >= 15 is 0 Å². The van der Waals surface area contributed by atoms with E-state index in [0.29, 0.717) is 47.2 Å². The number of hydrogen-bond acceptors (Lipinski definition) is 7. The van der Waals surface area contributed by atoms with Gasteiger partial charge in [-0.3, -0.25) is 9.69 Å². The largest absolute Gasteiger partial charge is 0.493 e. The van der Waals surface area contributed by atoms with Gasteiger partial charge in [0, 0.05) is 24.0 Å². The summed E-state index contributed by atoms with van der Waals surface area (Å²) in [5.41, 5.74) is 1.47. The molecule has 1 atom stereocenters. The summed E-state index contributed by atoms with van der Waals surface area (Å²) in [7, 11) is 3.16. The minimum absolute atomic E-state index is 0.188. The number of methoxy groups -OCH3 is 2. The molecule has 0 amide bonds. The van der Waals surface area contributed by atoms with E-state index in [1.54, 1.807) is 27.2 Å². The van der Waals surface area contributed by atoms with Crippen LogP contribution >= 0.6 is 11.3 Å². The molecule has 0 aliphatic heterocycles. The van der Waals surface area contributed by atoms with Crippen LogP contribution in [0.1, 0.15) is 12.7 Å². The Kier molecular flexibility index (Phi) is 6.68. The molecule has 2 heterocycles. The topological polar surface area (TPSA) is 87.7 Å². The van der Waals surface area contributed by atoms with Gasteiger partial charge in [-0.1, -0.05) is 12.1 Å². The van der Waals surface area contributed by atoms with Crippen molar-refractivity contribution in [3.05, 3.63) is 52.4 Å². The number of thiophene rings is 1. The Bertz CT molecular complexity index is 1060. The van der Waals surface area contributed by atoms with E-state index < -0.39 is 6.10 Å². The quantitative estimate of drug-likeness (QED) is 0.523. The third kappa shape index (κ3) is 4.67. The minimum atomic E-state index is -0.483. The number of ether oxygens (including phenoxy) is 2. The summed E-state index contributed by atoms with van der Waals surface area (Å²) in [4.78, 5) is 23.0. The smallest absolute Gasteiger partial charge is 0.260 e. The SMILES string of the molecule is C=CCN(Cc1nc2scc(-c3ccc(OC)c(OC)c3)c2c(=O)[nH]1)CC(C)O. The van der Waals surface area contributed by atoms with Crippen molar-refractivity contribution in [2.75, 3.05) is 27.3 Å². The zero-order valence-corrected chi connectivity index (χ0v) is 17.6. The summed E-state index contributed by atoms with van der Waals surface area (Å²) >= 11 is 1.42. The van der Waals surface area contributed by atoms with Crippen molar-refractivity contribution in [3.8, 4) is 22.6 Å². The first-order valence-electron chi connectivity index (χ1n) is 9.21. The molecule has 8 heteroatoms. The number of fused-ring (bicyclic) bond motifs is 1. The van der Waals surface area contributed by atoms with Gasteiger partial charge in [-0.05, 0) is 24.6 Å². The second-order valence-corrected chi connectivity index (χ2v) is 7.60. The Labute approximate surface area is 173 Å². The molecule has 1 unspecified atom stereocenters. The summed E-state index contributed by atoms with van der Waals surface area (Å²) in [6, 6.07) is 5.56. The molecule has 0 saturated carbocycles. The van der Waals surface area contributed by atoms with Crippen LogP contribution in [0.2, 0.25) is 0 Å². The maximum atomic E-state index is 12.9. The molecule has 154 valence electrons. The molecule has 7 nitrogen and oxygen atoms in total. The zero-order chi connectivity index (χ0) is 21.0. The molecule has 0 fully saturated rings. The molecule has 2 N–H and O–H groups in total. The Morgan fingerprint density at radius 3 is 2.76 bits per heavy atom. The highest BCUT2D eigenvalue weighted by atomic mass is 32.1. The zero-order valence-electron chi connectivity index (χ0n) is 16.8. The highest BCUT2D eigenvalue weighted by Crippen LogP contribution is 2.36. The average molecular weight is 416 g/mol. The minimum Gasteiger partial charge on any atom is -0.493 e. The fourth-order valence-electron chi connectivity index (χ4n) is 3.26. The van der Waals surface area contributed by atoms with E-state index in [1.165, 1.54) is 11.3 Å². The van der Waals surface area contributed by atoms with Crippen LogP contribution in [0.5, 0.6) is 11.5 Å². The maximum absolute atomic E-state index is 12.9. The van der Waals surface area contributed by atoms with Crippen molar-refractivity contribution in [1.29, 1.82) is 0 Å².